The van der Waals surface area contributed by atoms with E-state index in [0.29, 0.717) is 0 Å². The molecule has 2 atom stereocenters. The Morgan fingerprint density at radius 1 is 0.250 bits per heavy atom. The lowest BCUT2D eigenvalue weighted by Crippen LogP contribution is -2.25. The lowest BCUT2D eigenvalue weighted by molar-refractivity contribution is 0.00711. The lowest BCUT2D eigenvalue weighted by atomic mass is 9.99. The largest absolute Gasteiger partial charge is 0.390 e. The summed E-state index contributed by atoms with van der Waals surface area (Å²) in [6, 6.07) is 0. The zero-order valence-electron chi connectivity index (χ0n) is 28.1. The van der Waals surface area contributed by atoms with Gasteiger partial charge in [0.2, 0.25) is 0 Å². The fourth-order valence-electron chi connectivity index (χ4n) is 6.19. The highest BCUT2D eigenvalue weighted by atomic mass is 16.3. The second-order valence-electron chi connectivity index (χ2n) is 13.3. The smallest absolute Gasteiger partial charge is 0.0799 e. The lowest BCUT2D eigenvalue weighted by Gasteiger charge is -2.17. The summed E-state index contributed by atoms with van der Waals surface area (Å²) in [6.07, 6.45) is 44.5. The van der Waals surface area contributed by atoms with Crippen molar-refractivity contribution in [3.05, 3.63) is 0 Å². The minimum Gasteiger partial charge on any atom is -0.390 e. The van der Waals surface area contributed by atoms with Crippen LogP contribution in [0.1, 0.15) is 232 Å². The van der Waals surface area contributed by atoms with Crippen LogP contribution in [0.4, 0.5) is 0 Å². The van der Waals surface area contributed by atoms with Crippen molar-refractivity contribution < 1.29 is 10.2 Å². The number of hydrogen-bond donors (Lipinski definition) is 2. The molecule has 0 saturated heterocycles. The van der Waals surface area contributed by atoms with Gasteiger partial charge in [-0.1, -0.05) is 219 Å². The van der Waals surface area contributed by atoms with Gasteiger partial charge in [-0.05, 0) is 12.8 Å². The molecule has 0 heterocycles. The van der Waals surface area contributed by atoms with Gasteiger partial charge in [-0.2, -0.15) is 0 Å². The molecule has 2 nitrogen and oxygen atoms in total. The van der Waals surface area contributed by atoms with E-state index in [0.717, 1.165) is 25.7 Å². The molecular formula is C38H78O2. The topological polar surface area (TPSA) is 40.5 Å². The van der Waals surface area contributed by atoms with Gasteiger partial charge in [0.15, 0.2) is 0 Å². The number of rotatable bonds is 35. The Balaban J connectivity index is 3.26. The molecule has 0 aromatic carbocycles. The Labute approximate surface area is 254 Å². The highest BCUT2D eigenvalue weighted by molar-refractivity contribution is 4.67. The first-order valence-corrected chi connectivity index (χ1v) is 19.1. The van der Waals surface area contributed by atoms with Crippen LogP contribution in [-0.4, -0.2) is 22.4 Å². The molecule has 0 fully saturated rings. The van der Waals surface area contributed by atoms with Crippen LogP contribution in [0.5, 0.6) is 0 Å². The molecule has 0 aromatic heterocycles. The van der Waals surface area contributed by atoms with E-state index >= 15 is 0 Å². The molecule has 2 N–H and O–H groups in total. The molecule has 0 spiro atoms. The number of hydrogen-bond acceptors (Lipinski definition) is 2. The van der Waals surface area contributed by atoms with Crippen molar-refractivity contribution in [2.24, 2.45) is 0 Å². The molecule has 0 saturated carbocycles. The van der Waals surface area contributed by atoms with Gasteiger partial charge >= 0.3 is 0 Å². The monoisotopic (exact) mass is 567 g/mol. The van der Waals surface area contributed by atoms with E-state index in [9.17, 15) is 10.2 Å². The molecule has 0 rings (SSSR count). The van der Waals surface area contributed by atoms with E-state index < -0.39 is 12.2 Å². The first-order chi connectivity index (χ1) is 19.7. The van der Waals surface area contributed by atoms with Gasteiger partial charge in [-0.3, -0.25) is 0 Å². The Bertz CT molecular complexity index is 397. The summed E-state index contributed by atoms with van der Waals surface area (Å²) in [6.45, 7) is 4.58. The van der Waals surface area contributed by atoms with Gasteiger partial charge in [0.05, 0.1) is 12.2 Å². The standard InChI is InChI=1S/C38H78O2/c1-3-5-7-9-11-13-15-17-19-21-23-25-27-29-31-33-35-37(39)38(40)36-34-32-30-28-26-24-22-20-18-16-14-12-10-8-6-4-2/h37-40H,3-36H2,1-2H3. The minimum atomic E-state index is -0.511. The van der Waals surface area contributed by atoms with Crippen molar-refractivity contribution >= 4 is 0 Å². The van der Waals surface area contributed by atoms with E-state index in [-0.39, 0.29) is 0 Å². The fraction of sp³-hybridized carbons (Fsp3) is 1.00. The molecule has 0 bridgehead atoms. The Hall–Kier alpha value is -0.0800. The molecule has 0 aliphatic carbocycles. The van der Waals surface area contributed by atoms with Crippen molar-refractivity contribution in [2.45, 2.75) is 244 Å². The van der Waals surface area contributed by atoms with Crippen molar-refractivity contribution in [2.75, 3.05) is 0 Å². The molecule has 0 aliphatic rings. The average molecular weight is 567 g/mol. The van der Waals surface area contributed by atoms with Crippen LogP contribution < -0.4 is 0 Å². The van der Waals surface area contributed by atoms with Crippen molar-refractivity contribution in [1.29, 1.82) is 0 Å². The Morgan fingerprint density at radius 2 is 0.400 bits per heavy atom. The quantitative estimate of drug-likeness (QED) is 0.0749. The van der Waals surface area contributed by atoms with Crippen LogP contribution in [0, 0.1) is 0 Å². The molecular weight excluding hydrogens is 488 g/mol. The molecule has 0 aliphatic heterocycles. The van der Waals surface area contributed by atoms with E-state index in [4.69, 9.17) is 0 Å². The predicted molar refractivity (Wildman–Crippen MR) is 180 cm³/mol. The third-order valence-corrected chi connectivity index (χ3v) is 9.15. The van der Waals surface area contributed by atoms with Gasteiger partial charge in [0, 0.05) is 0 Å². The molecule has 0 amide bonds. The van der Waals surface area contributed by atoms with Crippen LogP contribution in [-0.2, 0) is 0 Å². The Kier molecular flexibility index (Phi) is 35.0. The van der Waals surface area contributed by atoms with Crippen LogP contribution in [0.15, 0.2) is 0 Å². The van der Waals surface area contributed by atoms with Crippen molar-refractivity contribution in [3.8, 4) is 0 Å². The summed E-state index contributed by atoms with van der Waals surface area (Å²) in [5.41, 5.74) is 0. The van der Waals surface area contributed by atoms with E-state index in [1.54, 1.807) is 0 Å². The first kappa shape index (κ1) is 39.9. The number of unbranched alkanes of at least 4 members (excludes halogenated alkanes) is 30. The van der Waals surface area contributed by atoms with Gasteiger partial charge in [0.25, 0.3) is 0 Å². The van der Waals surface area contributed by atoms with Crippen LogP contribution in [0.25, 0.3) is 0 Å². The molecule has 2 unspecified atom stereocenters. The van der Waals surface area contributed by atoms with Gasteiger partial charge in [-0.25, -0.2) is 0 Å². The number of aliphatic hydroxyl groups excluding tert-OH is 2. The second-order valence-corrected chi connectivity index (χ2v) is 13.3. The Morgan fingerprint density at radius 3 is 0.575 bits per heavy atom. The highest BCUT2D eigenvalue weighted by Crippen LogP contribution is 2.18. The van der Waals surface area contributed by atoms with Gasteiger partial charge in [-0.15, -0.1) is 0 Å². The highest BCUT2D eigenvalue weighted by Gasteiger charge is 2.15. The van der Waals surface area contributed by atoms with Crippen molar-refractivity contribution in [1.82, 2.24) is 0 Å². The fourth-order valence-corrected chi connectivity index (χ4v) is 6.19. The van der Waals surface area contributed by atoms with Gasteiger partial charge in [0.1, 0.15) is 0 Å². The summed E-state index contributed by atoms with van der Waals surface area (Å²) in [4.78, 5) is 0. The van der Waals surface area contributed by atoms with E-state index in [2.05, 4.69) is 13.8 Å². The molecule has 2 heteroatoms. The maximum absolute atomic E-state index is 10.3. The van der Waals surface area contributed by atoms with Crippen LogP contribution >= 0.6 is 0 Å². The summed E-state index contributed by atoms with van der Waals surface area (Å²) in [5, 5.41) is 20.6. The second kappa shape index (κ2) is 35.1. The average Bonchev–Trinajstić information content (AvgIpc) is 2.96. The third-order valence-electron chi connectivity index (χ3n) is 9.15. The predicted octanol–water partition coefficient (Wildman–Crippen LogP) is 13.0. The third kappa shape index (κ3) is 32.4. The van der Waals surface area contributed by atoms with Crippen molar-refractivity contribution in [3.63, 3.8) is 0 Å². The summed E-state index contributed by atoms with van der Waals surface area (Å²) < 4.78 is 0. The van der Waals surface area contributed by atoms with E-state index in [1.807, 2.05) is 0 Å². The molecule has 242 valence electrons. The summed E-state index contributed by atoms with van der Waals surface area (Å²) >= 11 is 0. The maximum Gasteiger partial charge on any atom is 0.0799 e. The van der Waals surface area contributed by atoms with Crippen LogP contribution in [0.3, 0.4) is 0 Å². The molecule has 0 aromatic rings. The molecule has 0 radical (unpaired) electrons. The maximum atomic E-state index is 10.3. The zero-order chi connectivity index (χ0) is 29.2. The zero-order valence-corrected chi connectivity index (χ0v) is 28.1. The summed E-state index contributed by atoms with van der Waals surface area (Å²) in [5.74, 6) is 0. The summed E-state index contributed by atoms with van der Waals surface area (Å²) in [7, 11) is 0. The number of aliphatic hydroxyl groups is 2. The normalized spacial score (nSPS) is 13.2. The molecule has 40 heavy (non-hydrogen) atoms. The SMILES string of the molecule is CCCCCCCCCCCCCCCCCCC(O)C(O)CCCCCCCCCCCCCCCCCC. The van der Waals surface area contributed by atoms with Crippen LogP contribution in [0.2, 0.25) is 0 Å². The first-order valence-electron chi connectivity index (χ1n) is 19.1. The minimum absolute atomic E-state index is 0.511. The van der Waals surface area contributed by atoms with Gasteiger partial charge < -0.3 is 10.2 Å². The van der Waals surface area contributed by atoms with E-state index in [1.165, 1.54) is 193 Å².